The molecule has 1 aromatic rings. The van der Waals surface area contributed by atoms with Gasteiger partial charge in [0.05, 0.1) is 7.11 Å². The molecule has 0 saturated carbocycles. The molecule has 1 unspecified atom stereocenters. The van der Waals surface area contributed by atoms with E-state index in [2.05, 4.69) is 32.0 Å². The lowest BCUT2D eigenvalue weighted by atomic mass is 9.90. The van der Waals surface area contributed by atoms with Gasteiger partial charge in [-0.1, -0.05) is 19.9 Å². The maximum Gasteiger partial charge on any atom is 0.119 e. The molecule has 1 atom stereocenters. The van der Waals surface area contributed by atoms with Crippen molar-refractivity contribution < 1.29 is 4.74 Å². The molecule has 76 valence electrons. The lowest BCUT2D eigenvalue weighted by Crippen LogP contribution is -2.01. The van der Waals surface area contributed by atoms with Crippen molar-refractivity contribution >= 4 is 0 Å². The van der Waals surface area contributed by atoms with E-state index in [9.17, 15) is 0 Å². The van der Waals surface area contributed by atoms with Crippen LogP contribution in [-0.2, 0) is 6.42 Å². The van der Waals surface area contributed by atoms with Gasteiger partial charge in [-0.15, -0.1) is 0 Å². The Kier molecular flexibility index (Phi) is 2.49. The van der Waals surface area contributed by atoms with Crippen LogP contribution in [0.3, 0.4) is 0 Å². The third-order valence-corrected chi connectivity index (χ3v) is 3.28. The van der Waals surface area contributed by atoms with Crippen molar-refractivity contribution in [3.8, 4) is 5.75 Å². The van der Waals surface area contributed by atoms with Crippen LogP contribution in [0.15, 0.2) is 18.2 Å². The second kappa shape index (κ2) is 3.64. The molecule has 0 N–H and O–H groups in total. The van der Waals surface area contributed by atoms with Crippen molar-refractivity contribution in [3.05, 3.63) is 29.3 Å². The summed E-state index contributed by atoms with van der Waals surface area (Å²) in [6.45, 7) is 4.62. The molecule has 0 spiro atoms. The summed E-state index contributed by atoms with van der Waals surface area (Å²) < 4.78 is 5.24. The highest BCUT2D eigenvalue weighted by Gasteiger charge is 2.24. The summed E-state index contributed by atoms with van der Waals surface area (Å²) in [7, 11) is 1.73. The molecule has 1 aromatic carbocycles. The Hall–Kier alpha value is -0.980. The second-order valence-electron chi connectivity index (χ2n) is 4.45. The summed E-state index contributed by atoms with van der Waals surface area (Å²) in [5.74, 6) is 2.51. The molecule has 14 heavy (non-hydrogen) atoms. The first kappa shape index (κ1) is 9.57. The van der Waals surface area contributed by atoms with Gasteiger partial charge in [-0.2, -0.15) is 0 Å². The smallest absolute Gasteiger partial charge is 0.119 e. The topological polar surface area (TPSA) is 9.23 Å². The summed E-state index contributed by atoms with van der Waals surface area (Å²) in [6.07, 6.45) is 2.52. The van der Waals surface area contributed by atoms with Gasteiger partial charge in [0.1, 0.15) is 5.75 Å². The zero-order valence-electron chi connectivity index (χ0n) is 9.21. The molecular weight excluding hydrogens is 172 g/mol. The quantitative estimate of drug-likeness (QED) is 0.694. The van der Waals surface area contributed by atoms with Crippen molar-refractivity contribution in [2.45, 2.75) is 32.6 Å². The Morgan fingerprint density at radius 2 is 2.14 bits per heavy atom. The number of rotatable bonds is 2. The third-order valence-electron chi connectivity index (χ3n) is 3.28. The minimum Gasteiger partial charge on any atom is -0.497 e. The Morgan fingerprint density at radius 3 is 2.79 bits per heavy atom. The van der Waals surface area contributed by atoms with Crippen LogP contribution in [0.25, 0.3) is 0 Å². The van der Waals surface area contributed by atoms with Gasteiger partial charge in [0.15, 0.2) is 0 Å². The molecular formula is C13H18O. The molecule has 0 saturated heterocycles. The number of benzene rings is 1. The van der Waals surface area contributed by atoms with Crippen molar-refractivity contribution in [2.75, 3.05) is 7.11 Å². The minimum absolute atomic E-state index is 0.754. The molecule has 0 bridgehead atoms. The SMILES string of the molecule is COc1ccc2c(c1)CCC2C(C)C. The number of aryl methyl sites for hydroxylation is 1. The predicted molar refractivity (Wildman–Crippen MR) is 58.9 cm³/mol. The molecule has 0 radical (unpaired) electrons. The van der Waals surface area contributed by atoms with E-state index in [0.29, 0.717) is 0 Å². The normalized spacial score (nSPS) is 19.9. The summed E-state index contributed by atoms with van der Waals surface area (Å²) in [5.41, 5.74) is 3.03. The summed E-state index contributed by atoms with van der Waals surface area (Å²) in [6, 6.07) is 6.52. The minimum atomic E-state index is 0.754. The number of fused-ring (bicyclic) bond motifs is 1. The van der Waals surface area contributed by atoms with Crippen LogP contribution < -0.4 is 4.74 Å². The van der Waals surface area contributed by atoms with Crippen LogP contribution in [0.4, 0.5) is 0 Å². The van der Waals surface area contributed by atoms with Crippen molar-refractivity contribution in [1.29, 1.82) is 0 Å². The third kappa shape index (κ3) is 1.52. The van der Waals surface area contributed by atoms with Gasteiger partial charge in [0, 0.05) is 0 Å². The van der Waals surface area contributed by atoms with E-state index in [-0.39, 0.29) is 0 Å². The maximum absolute atomic E-state index is 5.24. The van der Waals surface area contributed by atoms with Crippen molar-refractivity contribution in [2.24, 2.45) is 5.92 Å². The molecule has 0 aromatic heterocycles. The summed E-state index contributed by atoms with van der Waals surface area (Å²) in [4.78, 5) is 0. The zero-order valence-corrected chi connectivity index (χ0v) is 9.21. The van der Waals surface area contributed by atoms with Gasteiger partial charge >= 0.3 is 0 Å². The van der Waals surface area contributed by atoms with Gasteiger partial charge in [-0.3, -0.25) is 0 Å². The fourth-order valence-electron chi connectivity index (χ4n) is 2.45. The lowest BCUT2D eigenvalue weighted by molar-refractivity contribution is 0.414. The molecule has 2 rings (SSSR count). The van der Waals surface area contributed by atoms with Crippen LogP contribution in [0, 0.1) is 5.92 Å². The molecule has 1 aliphatic rings. The largest absolute Gasteiger partial charge is 0.497 e. The van der Waals surface area contributed by atoms with E-state index in [1.807, 2.05) is 0 Å². The van der Waals surface area contributed by atoms with Gasteiger partial charge in [-0.05, 0) is 47.9 Å². The zero-order chi connectivity index (χ0) is 10.1. The molecule has 1 nitrogen and oxygen atoms in total. The van der Waals surface area contributed by atoms with Crippen LogP contribution in [-0.4, -0.2) is 7.11 Å². The fourth-order valence-corrected chi connectivity index (χ4v) is 2.45. The first-order valence-electron chi connectivity index (χ1n) is 5.39. The van der Waals surface area contributed by atoms with E-state index < -0.39 is 0 Å². The Morgan fingerprint density at radius 1 is 1.36 bits per heavy atom. The average Bonchev–Trinajstić information content (AvgIpc) is 2.59. The molecule has 0 amide bonds. The first-order chi connectivity index (χ1) is 6.72. The van der Waals surface area contributed by atoms with Crippen LogP contribution in [0.1, 0.15) is 37.3 Å². The van der Waals surface area contributed by atoms with E-state index in [1.54, 1.807) is 12.7 Å². The Balaban J connectivity index is 2.33. The lowest BCUT2D eigenvalue weighted by Gasteiger charge is -2.15. The van der Waals surface area contributed by atoms with E-state index in [4.69, 9.17) is 4.74 Å². The molecule has 0 aliphatic heterocycles. The average molecular weight is 190 g/mol. The van der Waals surface area contributed by atoms with Crippen LogP contribution in [0.5, 0.6) is 5.75 Å². The van der Waals surface area contributed by atoms with Crippen molar-refractivity contribution in [1.82, 2.24) is 0 Å². The Bertz CT molecular complexity index is 328. The van der Waals surface area contributed by atoms with E-state index in [0.717, 1.165) is 17.6 Å². The monoisotopic (exact) mass is 190 g/mol. The van der Waals surface area contributed by atoms with E-state index >= 15 is 0 Å². The molecule has 1 aliphatic carbocycles. The maximum atomic E-state index is 5.24. The van der Waals surface area contributed by atoms with Gasteiger partial charge < -0.3 is 4.74 Å². The highest BCUT2D eigenvalue weighted by molar-refractivity contribution is 5.41. The predicted octanol–water partition coefficient (Wildman–Crippen LogP) is 3.38. The van der Waals surface area contributed by atoms with Crippen molar-refractivity contribution in [3.63, 3.8) is 0 Å². The first-order valence-corrected chi connectivity index (χ1v) is 5.39. The number of hydrogen-bond donors (Lipinski definition) is 0. The Labute approximate surface area is 86.1 Å². The van der Waals surface area contributed by atoms with Gasteiger partial charge in [0.25, 0.3) is 0 Å². The number of ether oxygens (including phenoxy) is 1. The van der Waals surface area contributed by atoms with Crippen LogP contribution in [0.2, 0.25) is 0 Å². The summed E-state index contributed by atoms with van der Waals surface area (Å²) >= 11 is 0. The standard InChI is InChI=1S/C13H18O/c1-9(2)12-6-4-10-8-11(14-3)5-7-13(10)12/h5,7-9,12H,4,6H2,1-3H3. The van der Waals surface area contributed by atoms with Gasteiger partial charge in [0.2, 0.25) is 0 Å². The second-order valence-corrected chi connectivity index (χ2v) is 4.45. The van der Waals surface area contributed by atoms with Gasteiger partial charge in [-0.25, -0.2) is 0 Å². The highest BCUT2D eigenvalue weighted by Crippen LogP contribution is 2.39. The fraction of sp³-hybridized carbons (Fsp3) is 0.538. The number of methoxy groups -OCH3 is 1. The van der Waals surface area contributed by atoms with E-state index in [1.165, 1.54) is 18.4 Å². The molecule has 1 heteroatoms. The molecule has 0 fully saturated rings. The summed E-state index contributed by atoms with van der Waals surface area (Å²) in [5, 5.41) is 0. The highest BCUT2D eigenvalue weighted by atomic mass is 16.5. The number of hydrogen-bond acceptors (Lipinski definition) is 1. The van der Waals surface area contributed by atoms with Crippen LogP contribution >= 0.6 is 0 Å². The molecule has 0 heterocycles.